The maximum absolute atomic E-state index is 6.52. The van der Waals surface area contributed by atoms with Gasteiger partial charge in [0.05, 0.1) is 33.4 Å². The van der Waals surface area contributed by atoms with E-state index in [4.69, 9.17) is 18.6 Å². The van der Waals surface area contributed by atoms with Gasteiger partial charge in [-0.1, -0.05) is 142 Å². The van der Waals surface area contributed by atoms with Gasteiger partial charge in [-0.2, -0.15) is 0 Å². The van der Waals surface area contributed by atoms with Crippen LogP contribution in [0, 0.1) is 0 Å². The maximum Gasteiger partial charge on any atom is 0.494 e. The first-order valence-electron chi connectivity index (χ1n) is 27.8. The van der Waals surface area contributed by atoms with Crippen molar-refractivity contribution in [2.24, 2.45) is 0 Å². The SMILES string of the molecule is CC(C)(C)c1ccc(-n2c3ccc(N(c4ccc(B5OC(C)(C)C(C)(C)O5)cc4)c4ccc(-c5ccccc5)cc4)cc3c3cc(N(c4ccc(B5OC(C)(C)C(C)(C)O5)cc4)c4ccc(-c5ccccc5)cc4)ccc32)cc1. The zero-order chi connectivity index (χ0) is 55.1. The van der Waals surface area contributed by atoms with Crippen molar-refractivity contribution in [3.8, 4) is 27.9 Å². The van der Waals surface area contributed by atoms with E-state index in [0.717, 1.165) is 83.7 Å². The van der Waals surface area contributed by atoms with Gasteiger partial charge in [0.15, 0.2) is 0 Å². The van der Waals surface area contributed by atoms with Crippen LogP contribution in [-0.4, -0.2) is 41.2 Å². The van der Waals surface area contributed by atoms with E-state index in [-0.39, 0.29) is 5.41 Å². The highest BCUT2D eigenvalue weighted by atomic mass is 16.7. The quantitative estimate of drug-likeness (QED) is 0.120. The van der Waals surface area contributed by atoms with E-state index in [0.29, 0.717) is 0 Å². The van der Waals surface area contributed by atoms with Gasteiger partial charge < -0.3 is 33.0 Å². The Morgan fingerprint density at radius 1 is 0.342 bits per heavy atom. The standard InChI is InChI=1S/C70H69B2N3O4/c1-66(2,3)52-26-36-59(37-27-52)75-64-44-42-60(73(55-32-22-50(23-33-55)48-18-14-12-15-19-48)57-38-28-53(29-39-57)71-76-67(4,5)68(6,7)77-71)46-62(64)63-47-61(43-45-65(63)75)74(56-34-24-51(25-35-56)49-20-16-13-17-21-49)58-40-30-54(31-41-58)72-78-69(8,9)70(10,11)79-72/h12-47H,1-11H3. The Hall–Kier alpha value is -7.65. The summed E-state index contributed by atoms with van der Waals surface area (Å²) in [7, 11) is -0.942. The monoisotopic (exact) mass is 1040 g/mol. The number of hydrogen-bond donors (Lipinski definition) is 0. The van der Waals surface area contributed by atoms with E-state index in [9.17, 15) is 0 Å². The number of anilines is 6. The summed E-state index contributed by atoms with van der Waals surface area (Å²) in [4.78, 5) is 4.71. The average Bonchev–Trinajstić information content (AvgIpc) is 4.23. The van der Waals surface area contributed by atoms with E-state index in [1.165, 1.54) is 16.7 Å². The third-order valence-corrected chi connectivity index (χ3v) is 17.1. The minimum atomic E-state index is -0.471. The predicted octanol–water partition coefficient (Wildman–Crippen LogP) is 17.0. The summed E-state index contributed by atoms with van der Waals surface area (Å²) in [5.74, 6) is 0. The molecule has 12 rings (SSSR count). The maximum atomic E-state index is 6.52. The Kier molecular flexibility index (Phi) is 12.9. The van der Waals surface area contributed by atoms with Crippen molar-refractivity contribution in [2.45, 2.75) is 104 Å². The molecule has 9 heteroatoms. The van der Waals surface area contributed by atoms with E-state index >= 15 is 0 Å². The molecular formula is C70H69B2N3O4. The molecule has 2 fully saturated rings. The van der Waals surface area contributed by atoms with Crippen LogP contribution >= 0.6 is 0 Å². The van der Waals surface area contributed by atoms with Crippen molar-refractivity contribution in [1.82, 2.24) is 4.57 Å². The molecule has 0 bridgehead atoms. The molecule has 0 amide bonds. The molecule has 0 radical (unpaired) electrons. The van der Waals surface area contributed by atoms with Gasteiger partial charge in [-0.15, -0.1) is 0 Å². The van der Waals surface area contributed by atoms with Gasteiger partial charge >= 0.3 is 14.2 Å². The van der Waals surface area contributed by atoms with Crippen LogP contribution in [0.4, 0.5) is 34.1 Å². The third-order valence-electron chi connectivity index (χ3n) is 17.1. The Bertz CT molecular complexity index is 3560. The highest BCUT2D eigenvalue weighted by Crippen LogP contribution is 2.45. The van der Waals surface area contributed by atoms with Crippen LogP contribution in [-0.2, 0) is 24.0 Å². The lowest BCUT2D eigenvalue weighted by atomic mass is 9.79. The van der Waals surface area contributed by atoms with E-state index in [1.54, 1.807) is 0 Å². The fraction of sp³-hybridized carbons (Fsp3) is 0.229. The van der Waals surface area contributed by atoms with Crippen molar-refractivity contribution >= 4 is 81.1 Å². The molecule has 394 valence electrons. The highest BCUT2D eigenvalue weighted by Gasteiger charge is 2.52. The molecule has 0 N–H and O–H groups in total. The molecule has 3 heterocycles. The van der Waals surface area contributed by atoms with Crippen LogP contribution in [0.2, 0.25) is 0 Å². The van der Waals surface area contributed by atoms with Crippen LogP contribution in [0.15, 0.2) is 218 Å². The molecule has 7 nitrogen and oxygen atoms in total. The summed E-state index contributed by atoms with van der Waals surface area (Å²) in [6.45, 7) is 23.6. The van der Waals surface area contributed by atoms with Crippen molar-refractivity contribution < 1.29 is 18.6 Å². The molecule has 10 aromatic rings. The molecule has 0 spiro atoms. The van der Waals surface area contributed by atoms with E-state index < -0.39 is 36.6 Å². The Labute approximate surface area is 467 Å². The first-order valence-corrected chi connectivity index (χ1v) is 27.8. The fourth-order valence-electron chi connectivity index (χ4n) is 10.9. The van der Waals surface area contributed by atoms with Crippen molar-refractivity contribution in [1.29, 1.82) is 0 Å². The summed E-state index contributed by atoms with van der Waals surface area (Å²) in [5, 5.41) is 2.26. The molecule has 2 aliphatic rings. The minimum absolute atomic E-state index is 0.0136. The predicted molar refractivity (Wildman–Crippen MR) is 331 cm³/mol. The number of nitrogens with zero attached hydrogens (tertiary/aromatic N) is 3. The smallest absolute Gasteiger partial charge is 0.399 e. The molecule has 1 aromatic heterocycles. The van der Waals surface area contributed by atoms with Gasteiger partial charge in [-0.05, 0) is 197 Å². The van der Waals surface area contributed by atoms with Crippen molar-refractivity contribution in [3.05, 3.63) is 224 Å². The summed E-state index contributed by atoms with van der Waals surface area (Å²) in [6.07, 6.45) is 0. The number of rotatable bonds is 11. The fourth-order valence-corrected chi connectivity index (χ4v) is 10.9. The lowest BCUT2D eigenvalue weighted by Gasteiger charge is -2.32. The van der Waals surface area contributed by atoms with Crippen LogP contribution < -0.4 is 20.7 Å². The van der Waals surface area contributed by atoms with Crippen LogP contribution in [0.1, 0.15) is 81.7 Å². The van der Waals surface area contributed by atoms with Gasteiger partial charge in [0.2, 0.25) is 0 Å². The third kappa shape index (κ3) is 9.67. The molecule has 0 atom stereocenters. The van der Waals surface area contributed by atoms with Gasteiger partial charge in [0, 0.05) is 50.6 Å². The number of aromatic nitrogens is 1. The van der Waals surface area contributed by atoms with Gasteiger partial charge in [-0.3, -0.25) is 0 Å². The average molecular weight is 1040 g/mol. The second kappa shape index (κ2) is 19.6. The largest absolute Gasteiger partial charge is 0.494 e. The summed E-state index contributed by atoms with van der Waals surface area (Å²) >= 11 is 0. The first-order chi connectivity index (χ1) is 37.7. The zero-order valence-corrected chi connectivity index (χ0v) is 47.4. The number of fused-ring (bicyclic) bond motifs is 3. The highest BCUT2D eigenvalue weighted by molar-refractivity contribution is 6.62. The lowest BCUT2D eigenvalue weighted by molar-refractivity contribution is 0.00578. The molecular weight excluding hydrogens is 968 g/mol. The summed E-state index contributed by atoms with van der Waals surface area (Å²) < 4.78 is 28.5. The van der Waals surface area contributed by atoms with Crippen LogP contribution in [0.25, 0.3) is 49.7 Å². The summed E-state index contributed by atoms with van der Waals surface area (Å²) in [6, 6.07) is 79.2. The second-order valence-electron chi connectivity index (χ2n) is 24.4. The molecule has 2 saturated heterocycles. The number of hydrogen-bond acceptors (Lipinski definition) is 6. The first kappa shape index (κ1) is 52.1. The van der Waals surface area contributed by atoms with Gasteiger partial charge in [-0.25, -0.2) is 0 Å². The van der Waals surface area contributed by atoms with Crippen LogP contribution in [0.3, 0.4) is 0 Å². The Morgan fingerprint density at radius 3 is 0.975 bits per heavy atom. The molecule has 9 aromatic carbocycles. The number of benzene rings is 9. The molecule has 0 unspecified atom stereocenters. The second-order valence-corrected chi connectivity index (χ2v) is 24.4. The molecule has 0 saturated carbocycles. The summed E-state index contributed by atoms with van der Waals surface area (Å²) in [5.41, 5.74) is 15.6. The van der Waals surface area contributed by atoms with Crippen molar-refractivity contribution in [3.63, 3.8) is 0 Å². The Balaban J connectivity index is 1.02. The minimum Gasteiger partial charge on any atom is -0.399 e. The van der Waals surface area contributed by atoms with Crippen molar-refractivity contribution in [2.75, 3.05) is 9.80 Å². The van der Waals surface area contributed by atoms with E-state index in [2.05, 4.69) is 309 Å². The lowest BCUT2D eigenvalue weighted by Crippen LogP contribution is -2.41. The normalized spacial score (nSPS) is 16.4. The van der Waals surface area contributed by atoms with Gasteiger partial charge in [0.25, 0.3) is 0 Å². The molecule has 79 heavy (non-hydrogen) atoms. The van der Waals surface area contributed by atoms with Crippen LogP contribution in [0.5, 0.6) is 0 Å². The zero-order valence-electron chi connectivity index (χ0n) is 47.4. The Morgan fingerprint density at radius 2 is 0.646 bits per heavy atom. The van der Waals surface area contributed by atoms with Gasteiger partial charge in [0.1, 0.15) is 0 Å². The topological polar surface area (TPSA) is 48.3 Å². The molecule has 0 aliphatic carbocycles. The molecule has 2 aliphatic heterocycles. The van der Waals surface area contributed by atoms with E-state index in [1.807, 2.05) is 0 Å².